The van der Waals surface area contributed by atoms with E-state index in [1.165, 1.54) is 5.56 Å². The number of rotatable bonds is 8. The summed E-state index contributed by atoms with van der Waals surface area (Å²) in [7, 11) is 6.06. The number of nitrogens with zero attached hydrogens (tertiary/aromatic N) is 3. The molecule has 1 heterocycles. The normalized spacial score (nSPS) is 10.7. The number of nitrogens with one attached hydrogen (secondary N) is 1. The number of amides is 1. The highest BCUT2D eigenvalue weighted by molar-refractivity contribution is 5.92. The van der Waals surface area contributed by atoms with Crippen molar-refractivity contribution < 1.29 is 4.79 Å². The largest absolute Gasteiger partial charge is 0.369 e. The van der Waals surface area contributed by atoms with Gasteiger partial charge in [0.25, 0.3) is 5.91 Å². The molecule has 0 bridgehead atoms. The van der Waals surface area contributed by atoms with Gasteiger partial charge in [0.1, 0.15) is 5.69 Å². The fourth-order valence-corrected chi connectivity index (χ4v) is 2.38. The van der Waals surface area contributed by atoms with E-state index in [9.17, 15) is 4.79 Å². The highest BCUT2D eigenvalue weighted by atomic mass is 16.1. The Morgan fingerprint density at radius 2 is 1.83 bits per heavy atom. The molecule has 1 amide bonds. The quantitative estimate of drug-likeness (QED) is 0.757. The predicted octanol–water partition coefficient (Wildman–Crippen LogP) is 2.40. The van der Waals surface area contributed by atoms with Crippen LogP contribution in [0, 0.1) is 0 Å². The van der Waals surface area contributed by atoms with Crippen molar-refractivity contribution in [1.29, 1.82) is 0 Å². The molecule has 0 aliphatic carbocycles. The average Bonchev–Trinajstić information content (AvgIpc) is 2.59. The molecule has 1 aromatic heterocycles. The predicted molar refractivity (Wildman–Crippen MR) is 98.3 cm³/mol. The smallest absolute Gasteiger partial charge is 0.269 e. The van der Waals surface area contributed by atoms with E-state index in [0.29, 0.717) is 12.2 Å². The Kier molecular flexibility index (Phi) is 6.75. The topological polar surface area (TPSA) is 48.5 Å². The van der Waals surface area contributed by atoms with Gasteiger partial charge in [0, 0.05) is 20.1 Å². The molecule has 1 N–H and O–H groups in total. The van der Waals surface area contributed by atoms with Crippen molar-refractivity contribution in [2.24, 2.45) is 0 Å². The summed E-state index contributed by atoms with van der Waals surface area (Å²) in [4.78, 5) is 20.6. The second kappa shape index (κ2) is 9.03. The zero-order valence-corrected chi connectivity index (χ0v) is 14.7. The third kappa shape index (κ3) is 5.66. The van der Waals surface area contributed by atoms with E-state index in [4.69, 9.17) is 0 Å². The number of aromatic nitrogens is 1. The molecular formula is C19H26N4O. The first-order chi connectivity index (χ1) is 11.6. The van der Waals surface area contributed by atoms with Gasteiger partial charge in [-0.15, -0.1) is 0 Å². The minimum Gasteiger partial charge on any atom is -0.369 e. The number of anilines is 1. The molecule has 0 radical (unpaired) electrons. The van der Waals surface area contributed by atoms with Crippen LogP contribution in [0.25, 0.3) is 0 Å². The molecule has 24 heavy (non-hydrogen) atoms. The molecule has 0 atom stereocenters. The lowest BCUT2D eigenvalue weighted by Gasteiger charge is -2.19. The SMILES string of the molecule is CN(C)CCCNC(=O)c1ccc(N(C)Cc2ccccc2)cn1. The maximum atomic E-state index is 12.1. The molecule has 1 aromatic carbocycles. The molecule has 0 aliphatic rings. The van der Waals surface area contributed by atoms with E-state index in [1.807, 2.05) is 45.4 Å². The molecule has 0 spiro atoms. The first-order valence-electron chi connectivity index (χ1n) is 8.20. The molecule has 0 fully saturated rings. The second-order valence-corrected chi connectivity index (χ2v) is 6.16. The van der Waals surface area contributed by atoms with Gasteiger partial charge in [-0.1, -0.05) is 30.3 Å². The third-order valence-electron chi connectivity index (χ3n) is 3.75. The van der Waals surface area contributed by atoms with E-state index >= 15 is 0 Å². The highest BCUT2D eigenvalue weighted by Crippen LogP contribution is 2.14. The summed E-state index contributed by atoms with van der Waals surface area (Å²) in [5.74, 6) is -0.119. The number of hydrogen-bond donors (Lipinski definition) is 1. The third-order valence-corrected chi connectivity index (χ3v) is 3.75. The van der Waals surface area contributed by atoms with Crippen LogP contribution >= 0.6 is 0 Å². The minimum absolute atomic E-state index is 0.119. The maximum absolute atomic E-state index is 12.1. The van der Waals surface area contributed by atoms with Crippen LogP contribution in [-0.4, -0.2) is 50.0 Å². The fourth-order valence-electron chi connectivity index (χ4n) is 2.38. The van der Waals surface area contributed by atoms with Crippen molar-refractivity contribution in [2.45, 2.75) is 13.0 Å². The molecule has 0 saturated carbocycles. The van der Waals surface area contributed by atoms with Gasteiger partial charge in [0.15, 0.2) is 0 Å². The average molecular weight is 326 g/mol. The Labute approximate surface area is 144 Å². The summed E-state index contributed by atoms with van der Waals surface area (Å²) >= 11 is 0. The van der Waals surface area contributed by atoms with Crippen LogP contribution in [0.1, 0.15) is 22.5 Å². The lowest BCUT2D eigenvalue weighted by Crippen LogP contribution is -2.27. The van der Waals surface area contributed by atoms with E-state index in [-0.39, 0.29) is 5.91 Å². The molecule has 5 nitrogen and oxygen atoms in total. The lowest BCUT2D eigenvalue weighted by molar-refractivity contribution is 0.0947. The van der Waals surface area contributed by atoms with Crippen molar-refractivity contribution >= 4 is 11.6 Å². The van der Waals surface area contributed by atoms with Crippen LogP contribution < -0.4 is 10.2 Å². The van der Waals surface area contributed by atoms with Gasteiger partial charge >= 0.3 is 0 Å². The summed E-state index contributed by atoms with van der Waals surface area (Å²) in [6.07, 6.45) is 2.67. The Bertz CT molecular complexity index is 626. The molecule has 0 saturated heterocycles. The Morgan fingerprint density at radius 1 is 1.08 bits per heavy atom. The Hall–Kier alpha value is -2.40. The zero-order chi connectivity index (χ0) is 17.4. The molecule has 2 aromatic rings. The van der Waals surface area contributed by atoms with Gasteiger partial charge in [-0.05, 0) is 44.8 Å². The molecule has 5 heteroatoms. The Morgan fingerprint density at radius 3 is 2.46 bits per heavy atom. The van der Waals surface area contributed by atoms with E-state index < -0.39 is 0 Å². The van der Waals surface area contributed by atoms with Crippen LogP contribution in [0.15, 0.2) is 48.7 Å². The van der Waals surface area contributed by atoms with Crippen LogP contribution in [-0.2, 0) is 6.54 Å². The summed E-state index contributed by atoms with van der Waals surface area (Å²) in [5, 5.41) is 2.90. The highest BCUT2D eigenvalue weighted by Gasteiger charge is 2.08. The number of carbonyl (C=O) groups is 1. The van der Waals surface area contributed by atoms with Gasteiger partial charge < -0.3 is 15.1 Å². The molecule has 2 rings (SSSR count). The summed E-state index contributed by atoms with van der Waals surface area (Å²) in [5.41, 5.74) is 2.68. The number of pyridine rings is 1. The van der Waals surface area contributed by atoms with Gasteiger partial charge in [-0.3, -0.25) is 4.79 Å². The van der Waals surface area contributed by atoms with E-state index in [0.717, 1.165) is 25.2 Å². The lowest BCUT2D eigenvalue weighted by atomic mass is 10.2. The summed E-state index contributed by atoms with van der Waals surface area (Å²) < 4.78 is 0. The monoisotopic (exact) mass is 326 g/mol. The molecule has 0 unspecified atom stereocenters. The second-order valence-electron chi connectivity index (χ2n) is 6.16. The summed E-state index contributed by atoms with van der Waals surface area (Å²) in [6.45, 7) is 2.42. The first-order valence-corrected chi connectivity index (χ1v) is 8.20. The fraction of sp³-hybridized carbons (Fsp3) is 0.368. The van der Waals surface area contributed by atoms with Gasteiger partial charge in [0.2, 0.25) is 0 Å². The van der Waals surface area contributed by atoms with Gasteiger partial charge in [-0.2, -0.15) is 0 Å². The molecule has 128 valence electrons. The van der Waals surface area contributed by atoms with Crippen molar-refractivity contribution in [3.8, 4) is 0 Å². The van der Waals surface area contributed by atoms with Gasteiger partial charge in [0.05, 0.1) is 11.9 Å². The van der Waals surface area contributed by atoms with E-state index in [1.54, 1.807) is 12.3 Å². The van der Waals surface area contributed by atoms with Gasteiger partial charge in [-0.25, -0.2) is 4.98 Å². The standard InChI is InChI=1S/C19H26N4O/c1-22(2)13-7-12-20-19(24)18-11-10-17(14-21-18)23(3)15-16-8-5-4-6-9-16/h4-6,8-11,14H,7,12-13,15H2,1-3H3,(H,20,24). The zero-order valence-electron chi connectivity index (χ0n) is 14.7. The van der Waals surface area contributed by atoms with Crippen molar-refractivity contribution in [3.63, 3.8) is 0 Å². The van der Waals surface area contributed by atoms with Crippen LogP contribution in [0.4, 0.5) is 5.69 Å². The van der Waals surface area contributed by atoms with Crippen LogP contribution in [0.5, 0.6) is 0 Å². The minimum atomic E-state index is -0.119. The van der Waals surface area contributed by atoms with Crippen molar-refractivity contribution in [2.75, 3.05) is 39.1 Å². The Balaban J connectivity index is 1.86. The number of benzene rings is 1. The molecular weight excluding hydrogens is 300 g/mol. The summed E-state index contributed by atoms with van der Waals surface area (Å²) in [6, 6.07) is 14.0. The van der Waals surface area contributed by atoms with Crippen molar-refractivity contribution in [3.05, 3.63) is 59.9 Å². The molecule has 0 aliphatic heterocycles. The maximum Gasteiger partial charge on any atom is 0.269 e. The van der Waals surface area contributed by atoms with Crippen LogP contribution in [0.3, 0.4) is 0 Å². The number of carbonyl (C=O) groups excluding carboxylic acids is 1. The van der Waals surface area contributed by atoms with Crippen LogP contribution in [0.2, 0.25) is 0 Å². The number of hydrogen-bond acceptors (Lipinski definition) is 4. The van der Waals surface area contributed by atoms with Crippen molar-refractivity contribution in [1.82, 2.24) is 15.2 Å². The first kappa shape index (κ1) is 17.9. The van der Waals surface area contributed by atoms with E-state index in [2.05, 4.69) is 32.2 Å².